The van der Waals surface area contributed by atoms with Crippen LogP contribution in [0.15, 0.2) is 35.2 Å². The molecule has 0 bridgehead atoms. The third-order valence-corrected chi connectivity index (χ3v) is 5.14. The van der Waals surface area contributed by atoms with Crippen molar-refractivity contribution in [2.24, 2.45) is 0 Å². The number of nitrogens with one attached hydrogen (secondary N) is 1. The van der Waals surface area contributed by atoms with E-state index in [-0.39, 0.29) is 28.5 Å². The van der Waals surface area contributed by atoms with E-state index >= 15 is 0 Å². The molecule has 7 heteroatoms. The highest BCUT2D eigenvalue weighted by molar-refractivity contribution is 7.90. The zero-order chi connectivity index (χ0) is 19.6. The number of sulfone groups is 1. The normalized spacial score (nSPS) is 11.2. The summed E-state index contributed by atoms with van der Waals surface area (Å²) in [5.41, 5.74) is 3.92. The van der Waals surface area contributed by atoms with Crippen LogP contribution < -0.4 is 5.32 Å². The number of amides is 1. The number of hydrogen-bond donors (Lipinski definition) is 2. The molecule has 0 atom stereocenters. The van der Waals surface area contributed by atoms with Gasteiger partial charge in [0.15, 0.2) is 9.84 Å². The number of carbonyl (C=O) groups excluding carboxylic acids is 1. The summed E-state index contributed by atoms with van der Waals surface area (Å²) < 4.78 is 23.5. The van der Waals surface area contributed by atoms with Crippen molar-refractivity contribution in [1.82, 2.24) is 0 Å². The van der Waals surface area contributed by atoms with Crippen molar-refractivity contribution in [1.29, 1.82) is 0 Å². The quantitative estimate of drug-likeness (QED) is 0.837. The summed E-state index contributed by atoms with van der Waals surface area (Å²) in [4.78, 5) is 23.5. The van der Waals surface area contributed by atoms with Crippen LogP contribution in [-0.4, -0.2) is 31.7 Å². The molecule has 0 aliphatic rings. The maximum atomic E-state index is 12.4. The van der Waals surface area contributed by atoms with Gasteiger partial charge in [0.1, 0.15) is 0 Å². The number of rotatable bonds is 5. The number of aryl methyl sites for hydroxylation is 3. The van der Waals surface area contributed by atoms with Gasteiger partial charge in [-0.3, -0.25) is 4.79 Å². The molecular weight excluding hydrogens is 354 g/mol. The van der Waals surface area contributed by atoms with Crippen molar-refractivity contribution in [2.45, 2.75) is 32.1 Å². The molecule has 0 aliphatic carbocycles. The highest BCUT2D eigenvalue weighted by atomic mass is 32.2. The Kier molecular flexibility index (Phi) is 5.51. The summed E-state index contributed by atoms with van der Waals surface area (Å²) in [6.07, 6.45) is 1.10. The molecule has 2 aromatic carbocycles. The summed E-state index contributed by atoms with van der Waals surface area (Å²) in [6.45, 7) is 5.83. The molecule has 138 valence electrons. The zero-order valence-corrected chi connectivity index (χ0v) is 15.9. The number of carbonyl (C=O) groups is 2. The van der Waals surface area contributed by atoms with E-state index in [4.69, 9.17) is 5.11 Å². The summed E-state index contributed by atoms with van der Waals surface area (Å²) >= 11 is 0. The average molecular weight is 375 g/mol. The number of anilines is 1. The lowest BCUT2D eigenvalue weighted by Crippen LogP contribution is -2.17. The topological polar surface area (TPSA) is 101 Å². The maximum absolute atomic E-state index is 12.4. The average Bonchev–Trinajstić information content (AvgIpc) is 2.49. The van der Waals surface area contributed by atoms with Gasteiger partial charge in [-0.2, -0.15) is 0 Å². The van der Waals surface area contributed by atoms with Crippen molar-refractivity contribution < 1.29 is 23.1 Å². The van der Waals surface area contributed by atoms with Crippen LogP contribution in [0.2, 0.25) is 0 Å². The van der Waals surface area contributed by atoms with E-state index in [1.807, 2.05) is 32.9 Å². The van der Waals surface area contributed by atoms with Crippen LogP contribution in [0.5, 0.6) is 0 Å². The van der Waals surface area contributed by atoms with E-state index < -0.39 is 15.8 Å². The smallest absolute Gasteiger partial charge is 0.335 e. The SMILES string of the molecule is Cc1cc(C)c(CC(=O)Nc2cc(C(=O)O)cc(S(C)(=O)=O)c2)c(C)c1. The van der Waals surface area contributed by atoms with Crippen molar-refractivity contribution in [3.63, 3.8) is 0 Å². The van der Waals surface area contributed by atoms with Crippen LogP contribution in [0.1, 0.15) is 32.6 Å². The molecule has 0 radical (unpaired) electrons. The fourth-order valence-electron chi connectivity index (χ4n) is 2.86. The second-order valence-corrected chi connectivity index (χ2v) is 8.44. The van der Waals surface area contributed by atoms with Crippen LogP contribution in [0, 0.1) is 20.8 Å². The standard InChI is InChI=1S/C19H21NO5S/c1-11-5-12(2)17(13(3)6-11)10-18(21)20-15-7-14(19(22)23)8-16(9-15)26(4,24)25/h5-9H,10H2,1-4H3,(H,20,21)(H,22,23). The minimum atomic E-state index is -3.61. The van der Waals surface area contributed by atoms with Crippen molar-refractivity contribution in [3.8, 4) is 0 Å². The lowest BCUT2D eigenvalue weighted by Gasteiger charge is -2.12. The van der Waals surface area contributed by atoms with E-state index in [0.717, 1.165) is 34.6 Å². The first kappa shape index (κ1) is 19.7. The predicted octanol–water partition coefficient (Wildman–Crippen LogP) is 2.89. The summed E-state index contributed by atoms with van der Waals surface area (Å²) in [7, 11) is -3.61. The van der Waals surface area contributed by atoms with Crippen LogP contribution in [0.3, 0.4) is 0 Å². The van der Waals surface area contributed by atoms with Crippen molar-refractivity contribution >= 4 is 27.4 Å². The monoisotopic (exact) mass is 375 g/mol. The molecule has 0 saturated heterocycles. The van der Waals surface area contributed by atoms with Crippen LogP contribution in [0.25, 0.3) is 0 Å². The van der Waals surface area contributed by atoms with Gasteiger partial charge < -0.3 is 10.4 Å². The molecule has 0 aromatic heterocycles. The molecule has 0 saturated carbocycles. The highest BCUT2D eigenvalue weighted by Gasteiger charge is 2.16. The fraction of sp³-hybridized carbons (Fsp3) is 0.263. The summed E-state index contributed by atoms with van der Waals surface area (Å²) in [6, 6.07) is 7.55. The van der Waals surface area contributed by atoms with Gasteiger partial charge in [0, 0.05) is 11.9 Å². The first-order valence-corrected chi connectivity index (χ1v) is 9.81. The van der Waals surface area contributed by atoms with Gasteiger partial charge in [0.05, 0.1) is 16.9 Å². The number of hydrogen-bond acceptors (Lipinski definition) is 4. The minimum absolute atomic E-state index is 0.115. The zero-order valence-electron chi connectivity index (χ0n) is 15.1. The van der Waals surface area contributed by atoms with Crippen LogP contribution in [0.4, 0.5) is 5.69 Å². The number of carboxylic acid groups (broad SMARTS) is 1. The van der Waals surface area contributed by atoms with E-state index in [0.29, 0.717) is 0 Å². The maximum Gasteiger partial charge on any atom is 0.335 e. The van der Waals surface area contributed by atoms with Gasteiger partial charge in [-0.25, -0.2) is 13.2 Å². The second kappa shape index (κ2) is 7.29. The Hall–Kier alpha value is -2.67. The lowest BCUT2D eigenvalue weighted by molar-refractivity contribution is -0.115. The molecule has 0 spiro atoms. The fourth-order valence-corrected chi connectivity index (χ4v) is 3.55. The third-order valence-electron chi connectivity index (χ3n) is 4.04. The first-order chi connectivity index (χ1) is 12.0. The van der Waals surface area contributed by atoms with Crippen molar-refractivity contribution in [2.75, 3.05) is 11.6 Å². The number of benzene rings is 2. The van der Waals surface area contributed by atoms with E-state index in [1.165, 1.54) is 12.1 Å². The molecule has 0 fully saturated rings. The Balaban J connectivity index is 2.32. The minimum Gasteiger partial charge on any atom is -0.478 e. The Morgan fingerprint density at radius 3 is 2.08 bits per heavy atom. The van der Waals surface area contributed by atoms with Crippen LogP contribution >= 0.6 is 0 Å². The molecular formula is C19H21NO5S. The highest BCUT2D eigenvalue weighted by Crippen LogP contribution is 2.21. The molecule has 26 heavy (non-hydrogen) atoms. The van der Waals surface area contributed by atoms with Gasteiger partial charge in [-0.1, -0.05) is 17.7 Å². The van der Waals surface area contributed by atoms with Gasteiger partial charge in [0.2, 0.25) is 5.91 Å². The molecule has 1 amide bonds. The number of carboxylic acids is 1. The predicted molar refractivity (Wildman–Crippen MR) is 99.5 cm³/mol. The Morgan fingerprint density at radius 2 is 1.58 bits per heavy atom. The third kappa shape index (κ3) is 4.70. The van der Waals surface area contributed by atoms with Gasteiger partial charge in [-0.15, -0.1) is 0 Å². The molecule has 0 unspecified atom stereocenters. The largest absolute Gasteiger partial charge is 0.478 e. The Morgan fingerprint density at radius 1 is 1.00 bits per heavy atom. The number of aromatic carboxylic acids is 1. The summed E-state index contributed by atoms with van der Waals surface area (Å²) in [5.74, 6) is -1.61. The van der Waals surface area contributed by atoms with Gasteiger partial charge >= 0.3 is 5.97 Å². The van der Waals surface area contributed by atoms with E-state index in [2.05, 4.69) is 5.32 Å². The van der Waals surface area contributed by atoms with E-state index in [9.17, 15) is 18.0 Å². The Bertz CT molecular complexity index is 970. The molecule has 2 rings (SSSR count). The molecule has 2 aromatic rings. The van der Waals surface area contributed by atoms with Gasteiger partial charge in [0.25, 0.3) is 0 Å². The molecule has 0 aliphatic heterocycles. The first-order valence-electron chi connectivity index (χ1n) is 7.92. The van der Waals surface area contributed by atoms with E-state index in [1.54, 1.807) is 0 Å². The van der Waals surface area contributed by atoms with Crippen LogP contribution in [-0.2, 0) is 21.1 Å². The molecule has 2 N–H and O–H groups in total. The van der Waals surface area contributed by atoms with Crippen molar-refractivity contribution in [3.05, 3.63) is 58.1 Å². The molecule has 6 nitrogen and oxygen atoms in total. The van der Waals surface area contributed by atoms with Gasteiger partial charge in [-0.05, 0) is 55.7 Å². The lowest BCUT2D eigenvalue weighted by atomic mass is 9.97. The Labute approximate surface area is 152 Å². The summed E-state index contributed by atoms with van der Waals surface area (Å²) in [5, 5.41) is 11.8. The second-order valence-electron chi connectivity index (χ2n) is 6.43. The molecule has 0 heterocycles.